The Morgan fingerprint density at radius 1 is 1.26 bits per heavy atom. The third-order valence-electron chi connectivity index (χ3n) is 6.28. The average Bonchev–Trinajstić information content (AvgIpc) is 3.31. The molecule has 34 heavy (non-hydrogen) atoms. The van der Waals surface area contributed by atoms with E-state index in [-0.39, 0.29) is 30.6 Å². The first-order chi connectivity index (χ1) is 16.1. The Balaban J connectivity index is 1.45. The molecular weight excluding hydrogens is 462 g/mol. The van der Waals surface area contributed by atoms with Gasteiger partial charge in [-0.2, -0.15) is 8.42 Å². The highest BCUT2D eigenvalue weighted by Gasteiger charge is 2.38. The molecule has 1 amide bonds. The molecular formula is C22H29N5O6S. The lowest BCUT2D eigenvalue weighted by molar-refractivity contribution is -0.133. The van der Waals surface area contributed by atoms with Crippen LogP contribution in [-0.4, -0.2) is 67.2 Å². The van der Waals surface area contributed by atoms with Gasteiger partial charge < -0.3 is 20.1 Å². The number of benzene rings is 1. The third kappa shape index (κ3) is 5.63. The number of nitrogens with one attached hydrogen (secondary N) is 1. The van der Waals surface area contributed by atoms with Crippen LogP contribution in [0.25, 0.3) is 0 Å². The van der Waals surface area contributed by atoms with Crippen molar-refractivity contribution in [2.24, 2.45) is 17.0 Å². The molecule has 12 heteroatoms. The molecule has 0 aliphatic heterocycles. The standard InChI is InChI=1S/C22H29N5O6S/c1-27(2)22(29)17-8-13-5-3-4-6-16(13)21(17)26-19-10-20(25-12-24-19)33-15-7-14(18(28)9-15)11-32-34(23,30)31/h3-6,10,12,14-15,17-18,21,28H,7-9,11H2,1-2H3,(H2,23,30,31)(H,24,25,26)/t14-,15+,17-,18-,21+/m1/s1. The van der Waals surface area contributed by atoms with E-state index in [0.29, 0.717) is 31.0 Å². The molecule has 0 bridgehead atoms. The lowest BCUT2D eigenvalue weighted by atomic mass is 9.99. The molecule has 2 aliphatic rings. The average molecular weight is 492 g/mol. The molecule has 2 aliphatic carbocycles. The van der Waals surface area contributed by atoms with Gasteiger partial charge >= 0.3 is 10.3 Å². The van der Waals surface area contributed by atoms with Crippen LogP contribution < -0.4 is 15.2 Å². The number of aliphatic hydroxyl groups is 1. The van der Waals surface area contributed by atoms with Crippen LogP contribution in [0.1, 0.15) is 30.0 Å². The predicted molar refractivity (Wildman–Crippen MR) is 123 cm³/mol. The van der Waals surface area contributed by atoms with Crippen molar-refractivity contribution in [1.82, 2.24) is 14.9 Å². The quantitative estimate of drug-likeness (QED) is 0.482. The number of nitrogens with zero attached hydrogens (tertiary/aromatic N) is 3. The van der Waals surface area contributed by atoms with E-state index in [1.165, 1.54) is 6.33 Å². The predicted octanol–water partition coefficient (Wildman–Crippen LogP) is 0.629. The summed E-state index contributed by atoms with van der Waals surface area (Å²) in [6.45, 7) is -0.210. The summed E-state index contributed by atoms with van der Waals surface area (Å²) >= 11 is 0. The molecule has 1 aromatic heterocycles. The van der Waals surface area contributed by atoms with Crippen molar-refractivity contribution in [3.8, 4) is 5.88 Å². The van der Waals surface area contributed by atoms with E-state index < -0.39 is 22.3 Å². The third-order valence-corrected chi connectivity index (χ3v) is 6.75. The molecule has 0 saturated heterocycles. The van der Waals surface area contributed by atoms with E-state index in [4.69, 9.17) is 9.88 Å². The van der Waals surface area contributed by atoms with E-state index >= 15 is 0 Å². The van der Waals surface area contributed by atoms with Gasteiger partial charge in [0.15, 0.2) is 0 Å². The van der Waals surface area contributed by atoms with E-state index in [1.807, 2.05) is 24.3 Å². The van der Waals surface area contributed by atoms with Crippen molar-refractivity contribution in [2.75, 3.05) is 26.0 Å². The van der Waals surface area contributed by atoms with Gasteiger partial charge in [-0.3, -0.25) is 8.98 Å². The van der Waals surface area contributed by atoms with Gasteiger partial charge in [0.1, 0.15) is 18.2 Å². The Kier molecular flexibility index (Phi) is 7.03. The molecule has 1 fully saturated rings. The fourth-order valence-electron chi connectivity index (χ4n) is 4.66. The van der Waals surface area contributed by atoms with Gasteiger partial charge in [-0.25, -0.2) is 15.1 Å². The minimum absolute atomic E-state index is 0.0342. The number of anilines is 1. The molecule has 0 spiro atoms. The highest BCUT2D eigenvalue weighted by atomic mass is 32.2. The van der Waals surface area contributed by atoms with Gasteiger partial charge in [-0.05, 0) is 24.0 Å². The summed E-state index contributed by atoms with van der Waals surface area (Å²) in [5, 5.41) is 18.5. The summed E-state index contributed by atoms with van der Waals surface area (Å²) < 4.78 is 32.6. The highest BCUT2D eigenvalue weighted by molar-refractivity contribution is 7.84. The van der Waals surface area contributed by atoms with E-state index in [0.717, 1.165) is 11.1 Å². The molecule has 1 aromatic carbocycles. The van der Waals surface area contributed by atoms with Crippen LogP contribution in [0.5, 0.6) is 5.88 Å². The summed E-state index contributed by atoms with van der Waals surface area (Å²) in [6, 6.07) is 9.36. The normalized spacial score (nSPS) is 26.2. The maximum atomic E-state index is 12.8. The lowest BCUT2D eigenvalue weighted by Gasteiger charge is -2.24. The second kappa shape index (κ2) is 9.82. The summed E-state index contributed by atoms with van der Waals surface area (Å²) in [7, 11) is -0.581. The zero-order valence-electron chi connectivity index (χ0n) is 19.0. The number of rotatable bonds is 8. The van der Waals surface area contributed by atoms with E-state index in [9.17, 15) is 18.3 Å². The highest BCUT2D eigenvalue weighted by Crippen LogP contribution is 2.39. The molecule has 0 unspecified atom stereocenters. The maximum Gasteiger partial charge on any atom is 0.333 e. The molecule has 4 rings (SSSR count). The molecule has 1 saturated carbocycles. The fourth-order valence-corrected chi connectivity index (χ4v) is 5.02. The summed E-state index contributed by atoms with van der Waals surface area (Å²) in [5.74, 6) is 0.166. The number of aromatic nitrogens is 2. The van der Waals surface area contributed by atoms with E-state index in [1.54, 1.807) is 25.1 Å². The van der Waals surface area contributed by atoms with Gasteiger partial charge in [0.25, 0.3) is 0 Å². The van der Waals surface area contributed by atoms with Crippen molar-refractivity contribution in [3.05, 3.63) is 47.8 Å². The van der Waals surface area contributed by atoms with Crippen LogP contribution >= 0.6 is 0 Å². The van der Waals surface area contributed by atoms with Gasteiger partial charge in [0.2, 0.25) is 11.8 Å². The molecule has 5 atom stereocenters. The number of hydrogen-bond acceptors (Lipinski definition) is 9. The van der Waals surface area contributed by atoms with Crippen LogP contribution in [0, 0.1) is 11.8 Å². The number of hydrogen-bond donors (Lipinski definition) is 3. The SMILES string of the molecule is CN(C)C(=O)[C@@H]1Cc2ccccc2[C@@H]1Nc1cc(O[C@H]2C[C@H](COS(N)(=O)=O)[C@H](O)C2)ncn1. The second-order valence-electron chi connectivity index (χ2n) is 8.92. The maximum absolute atomic E-state index is 12.8. The first kappa shape index (κ1) is 24.3. The van der Waals surface area contributed by atoms with Crippen LogP contribution in [-0.2, 0) is 25.7 Å². The van der Waals surface area contributed by atoms with Crippen LogP contribution in [0.4, 0.5) is 5.82 Å². The minimum atomic E-state index is -4.07. The van der Waals surface area contributed by atoms with Crippen LogP contribution in [0.3, 0.4) is 0 Å². The molecule has 2 aromatic rings. The number of ether oxygens (including phenoxy) is 1. The fraction of sp³-hybridized carbons (Fsp3) is 0.500. The molecule has 0 radical (unpaired) electrons. The van der Waals surface area contributed by atoms with Crippen LogP contribution in [0.15, 0.2) is 36.7 Å². The Labute approximate surface area is 198 Å². The number of amides is 1. The van der Waals surface area contributed by atoms with Crippen molar-refractivity contribution in [1.29, 1.82) is 0 Å². The number of carbonyl (C=O) groups excluding carboxylic acids is 1. The van der Waals surface area contributed by atoms with Crippen LogP contribution in [0.2, 0.25) is 0 Å². The molecule has 184 valence electrons. The van der Waals surface area contributed by atoms with Gasteiger partial charge in [0, 0.05) is 32.5 Å². The number of aliphatic hydroxyl groups excluding tert-OH is 1. The van der Waals surface area contributed by atoms with Crippen molar-refractivity contribution in [3.63, 3.8) is 0 Å². The largest absolute Gasteiger partial charge is 0.474 e. The minimum Gasteiger partial charge on any atom is -0.474 e. The second-order valence-corrected chi connectivity index (χ2v) is 10.1. The lowest BCUT2D eigenvalue weighted by Crippen LogP contribution is -2.34. The first-order valence-corrected chi connectivity index (χ1v) is 12.5. The number of carbonyl (C=O) groups is 1. The van der Waals surface area contributed by atoms with E-state index in [2.05, 4.69) is 19.5 Å². The van der Waals surface area contributed by atoms with Gasteiger partial charge in [0.05, 0.1) is 24.7 Å². The Morgan fingerprint density at radius 2 is 2.03 bits per heavy atom. The monoisotopic (exact) mass is 491 g/mol. The summed E-state index contributed by atoms with van der Waals surface area (Å²) in [6.07, 6.45) is 1.55. The summed E-state index contributed by atoms with van der Waals surface area (Å²) in [4.78, 5) is 22.9. The number of fused-ring (bicyclic) bond motifs is 1. The zero-order chi connectivity index (χ0) is 24.5. The number of nitrogens with two attached hydrogens (primary N) is 1. The van der Waals surface area contributed by atoms with Crippen molar-refractivity contribution >= 4 is 22.0 Å². The topological polar surface area (TPSA) is 157 Å². The Bertz CT molecular complexity index is 1140. The Hall–Kier alpha value is -2.80. The molecule has 1 heterocycles. The van der Waals surface area contributed by atoms with Gasteiger partial charge in [-0.15, -0.1) is 0 Å². The summed E-state index contributed by atoms with van der Waals surface area (Å²) in [5.41, 5.74) is 2.18. The van der Waals surface area contributed by atoms with Crippen molar-refractivity contribution < 1.29 is 27.2 Å². The smallest absolute Gasteiger partial charge is 0.333 e. The molecule has 4 N–H and O–H groups in total. The molecule has 11 nitrogen and oxygen atoms in total. The van der Waals surface area contributed by atoms with Gasteiger partial charge in [-0.1, -0.05) is 24.3 Å². The zero-order valence-corrected chi connectivity index (χ0v) is 19.8. The first-order valence-electron chi connectivity index (χ1n) is 11.0. The Morgan fingerprint density at radius 3 is 2.76 bits per heavy atom. The van der Waals surface area contributed by atoms with Crippen molar-refractivity contribution in [2.45, 2.75) is 37.5 Å².